The molecule has 6 heterocycles. The van der Waals surface area contributed by atoms with Crippen LogP contribution < -0.4 is 4.74 Å². The fraction of sp³-hybridized carbons (Fsp3) is 0.500. The quantitative estimate of drug-likeness (QED) is 0.501. The Labute approximate surface area is 192 Å². The number of hydrogen-bond donors (Lipinski definition) is 1. The highest BCUT2D eigenvalue weighted by Crippen LogP contribution is 2.37. The summed E-state index contributed by atoms with van der Waals surface area (Å²) in [6.45, 7) is 8.35. The SMILES string of the molecule is COc1cc(-c2[nH]c3cnc(C4CCN(C5COC5)CC4)nc3c2C(C)C)cn2ncnc12. The van der Waals surface area contributed by atoms with Crippen molar-refractivity contribution < 1.29 is 9.47 Å². The molecule has 2 fully saturated rings. The Morgan fingerprint density at radius 3 is 2.70 bits per heavy atom. The lowest BCUT2D eigenvalue weighted by Crippen LogP contribution is -2.51. The van der Waals surface area contributed by atoms with Gasteiger partial charge in [-0.25, -0.2) is 19.5 Å². The predicted molar refractivity (Wildman–Crippen MR) is 125 cm³/mol. The number of aromatic amines is 1. The zero-order valence-corrected chi connectivity index (χ0v) is 19.3. The molecule has 2 aliphatic heterocycles. The number of H-pyrrole nitrogens is 1. The van der Waals surface area contributed by atoms with Crippen LogP contribution in [-0.4, -0.2) is 73.9 Å². The molecule has 0 spiro atoms. The molecule has 0 aromatic carbocycles. The monoisotopic (exact) mass is 447 g/mol. The van der Waals surface area contributed by atoms with Crippen molar-refractivity contribution in [2.24, 2.45) is 0 Å². The summed E-state index contributed by atoms with van der Waals surface area (Å²) in [5.41, 5.74) is 5.88. The molecule has 0 saturated carbocycles. The molecule has 4 aromatic rings. The summed E-state index contributed by atoms with van der Waals surface area (Å²) in [4.78, 5) is 20.3. The van der Waals surface area contributed by atoms with Crippen molar-refractivity contribution in [1.82, 2.24) is 34.4 Å². The van der Waals surface area contributed by atoms with Crippen LogP contribution in [0.15, 0.2) is 24.8 Å². The standard InChI is InChI=1S/C24H29N7O2/c1-14(2)20-21(16-8-19(32-3)24-26-13-27-31(24)10-16)28-18-9-25-23(29-22(18)20)15-4-6-30(7-5-15)17-11-33-12-17/h8-10,13-15,17,28H,4-7,11-12H2,1-3H3. The van der Waals surface area contributed by atoms with E-state index in [1.807, 2.05) is 18.5 Å². The maximum atomic E-state index is 5.58. The maximum Gasteiger partial charge on any atom is 0.197 e. The fourth-order valence-electron chi connectivity index (χ4n) is 5.14. The van der Waals surface area contributed by atoms with Crippen molar-refractivity contribution in [2.75, 3.05) is 33.4 Å². The van der Waals surface area contributed by atoms with E-state index in [1.54, 1.807) is 11.6 Å². The second-order valence-corrected chi connectivity index (χ2v) is 9.39. The Morgan fingerprint density at radius 1 is 1.18 bits per heavy atom. The van der Waals surface area contributed by atoms with Crippen LogP contribution in [0, 0.1) is 0 Å². The van der Waals surface area contributed by atoms with Gasteiger partial charge in [0.25, 0.3) is 0 Å². The van der Waals surface area contributed by atoms with Gasteiger partial charge in [-0.15, -0.1) is 0 Å². The molecule has 0 unspecified atom stereocenters. The van der Waals surface area contributed by atoms with Crippen molar-refractivity contribution >= 4 is 16.7 Å². The number of nitrogens with zero attached hydrogens (tertiary/aromatic N) is 6. The Hall–Kier alpha value is -3.04. The molecule has 0 aliphatic carbocycles. The lowest BCUT2D eigenvalue weighted by molar-refractivity contribution is -0.0714. The van der Waals surface area contributed by atoms with Gasteiger partial charge in [0.15, 0.2) is 11.4 Å². The van der Waals surface area contributed by atoms with Crippen LogP contribution in [0.2, 0.25) is 0 Å². The number of rotatable bonds is 5. The van der Waals surface area contributed by atoms with Crippen molar-refractivity contribution in [3.63, 3.8) is 0 Å². The Morgan fingerprint density at radius 2 is 2.00 bits per heavy atom. The van der Waals surface area contributed by atoms with Crippen LogP contribution >= 0.6 is 0 Å². The third-order valence-corrected chi connectivity index (χ3v) is 7.05. The number of likely N-dealkylation sites (tertiary alicyclic amines) is 1. The van der Waals surface area contributed by atoms with E-state index in [4.69, 9.17) is 19.4 Å². The average Bonchev–Trinajstić information content (AvgIpc) is 3.41. The highest BCUT2D eigenvalue weighted by molar-refractivity contribution is 5.88. The summed E-state index contributed by atoms with van der Waals surface area (Å²) in [7, 11) is 1.66. The van der Waals surface area contributed by atoms with Crippen LogP contribution in [0.1, 0.15) is 49.9 Å². The van der Waals surface area contributed by atoms with Crippen LogP contribution in [0.25, 0.3) is 27.9 Å². The van der Waals surface area contributed by atoms with Gasteiger partial charge in [-0.2, -0.15) is 5.10 Å². The summed E-state index contributed by atoms with van der Waals surface area (Å²) in [5, 5.41) is 4.32. The van der Waals surface area contributed by atoms with E-state index in [1.165, 1.54) is 11.9 Å². The zero-order valence-electron chi connectivity index (χ0n) is 19.3. The molecule has 9 nitrogen and oxygen atoms in total. The van der Waals surface area contributed by atoms with Crippen molar-refractivity contribution in [3.8, 4) is 17.0 Å². The minimum atomic E-state index is 0.286. The van der Waals surface area contributed by atoms with E-state index in [9.17, 15) is 0 Å². The summed E-state index contributed by atoms with van der Waals surface area (Å²) < 4.78 is 12.7. The van der Waals surface area contributed by atoms with Gasteiger partial charge >= 0.3 is 0 Å². The van der Waals surface area contributed by atoms with Gasteiger partial charge in [0.05, 0.1) is 49.3 Å². The molecule has 0 radical (unpaired) electrons. The Balaban J connectivity index is 1.38. The first-order valence-electron chi connectivity index (χ1n) is 11.7. The van der Waals surface area contributed by atoms with Crippen LogP contribution in [0.5, 0.6) is 5.75 Å². The van der Waals surface area contributed by atoms with E-state index in [2.05, 4.69) is 33.8 Å². The van der Waals surface area contributed by atoms with Gasteiger partial charge < -0.3 is 14.5 Å². The van der Waals surface area contributed by atoms with Gasteiger partial charge in [0.2, 0.25) is 0 Å². The van der Waals surface area contributed by atoms with E-state index in [-0.39, 0.29) is 5.92 Å². The molecule has 0 amide bonds. The first-order valence-corrected chi connectivity index (χ1v) is 11.7. The summed E-state index contributed by atoms with van der Waals surface area (Å²) in [6, 6.07) is 2.61. The highest BCUT2D eigenvalue weighted by Gasteiger charge is 2.31. The molecule has 0 atom stereocenters. The lowest BCUT2D eigenvalue weighted by Gasteiger charge is -2.41. The van der Waals surface area contributed by atoms with Gasteiger partial charge in [-0.1, -0.05) is 13.8 Å². The van der Waals surface area contributed by atoms with Crippen LogP contribution in [-0.2, 0) is 4.74 Å². The number of piperidine rings is 1. The molecule has 9 heteroatoms. The first kappa shape index (κ1) is 20.6. The highest BCUT2D eigenvalue weighted by atomic mass is 16.5. The summed E-state index contributed by atoms with van der Waals surface area (Å²) in [5.74, 6) is 2.34. The van der Waals surface area contributed by atoms with Crippen LogP contribution in [0.4, 0.5) is 0 Å². The van der Waals surface area contributed by atoms with Crippen molar-refractivity contribution in [1.29, 1.82) is 0 Å². The van der Waals surface area contributed by atoms with Gasteiger partial charge in [-0.05, 0) is 37.9 Å². The zero-order chi connectivity index (χ0) is 22.5. The summed E-state index contributed by atoms with van der Waals surface area (Å²) >= 11 is 0. The number of aromatic nitrogens is 6. The maximum absolute atomic E-state index is 5.58. The number of methoxy groups -OCH3 is 1. The average molecular weight is 448 g/mol. The molecule has 2 saturated heterocycles. The van der Waals surface area contributed by atoms with Crippen LogP contribution in [0.3, 0.4) is 0 Å². The van der Waals surface area contributed by atoms with Gasteiger partial charge in [0, 0.05) is 23.2 Å². The molecule has 2 aliphatic rings. The predicted octanol–water partition coefficient (Wildman–Crippen LogP) is 3.38. The largest absolute Gasteiger partial charge is 0.493 e. The number of hydrogen-bond acceptors (Lipinski definition) is 7. The third kappa shape index (κ3) is 3.46. The number of fused-ring (bicyclic) bond motifs is 2. The van der Waals surface area contributed by atoms with E-state index in [0.29, 0.717) is 23.4 Å². The molecule has 1 N–H and O–H groups in total. The minimum Gasteiger partial charge on any atom is -0.493 e. The molecule has 4 aromatic heterocycles. The smallest absolute Gasteiger partial charge is 0.197 e. The summed E-state index contributed by atoms with van der Waals surface area (Å²) in [6.07, 6.45) is 7.66. The second kappa shape index (κ2) is 8.07. The molecular formula is C24H29N7O2. The number of nitrogens with one attached hydrogen (secondary N) is 1. The number of pyridine rings is 1. The topological polar surface area (TPSA) is 93.5 Å². The molecule has 33 heavy (non-hydrogen) atoms. The van der Waals surface area contributed by atoms with Gasteiger partial charge in [-0.3, -0.25) is 4.90 Å². The van der Waals surface area contributed by atoms with E-state index in [0.717, 1.165) is 67.3 Å². The Kier molecular flexibility index (Phi) is 5.03. The molecule has 6 rings (SSSR count). The fourth-order valence-corrected chi connectivity index (χ4v) is 5.14. The van der Waals surface area contributed by atoms with Gasteiger partial charge in [0.1, 0.15) is 12.2 Å². The molecule has 172 valence electrons. The van der Waals surface area contributed by atoms with Crippen molar-refractivity contribution in [2.45, 2.75) is 44.6 Å². The minimum absolute atomic E-state index is 0.286. The van der Waals surface area contributed by atoms with E-state index < -0.39 is 0 Å². The number of ether oxygens (including phenoxy) is 2. The second-order valence-electron chi connectivity index (χ2n) is 9.39. The normalized spacial score (nSPS) is 18.4. The Bertz CT molecular complexity index is 1300. The molecular weight excluding hydrogens is 418 g/mol. The van der Waals surface area contributed by atoms with Crippen molar-refractivity contribution in [3.05, 3.63) is 36.2 Å². The third-order valence-electron chi connectivity index (χ3n) is 7.05. The first-order chi connectivity index (χ1) is 16.1. The lowest BCUT2D eigenvalue weighted by atomic mass is 9.94. The molecule has 0 bridgehead atoms. The van der Waals surface area contributed by atoms with E-state index >= 15 is 0 Å².